The molecule has 0 aliphatic carbocycles. The van der Waals surface area contributed by atoms with Crippen LogP contribution in [-0.4, -0.2) is 25.7 Å². The van der Waals surface area contributed by atoms with Gasteiger partial charge in [0.1, 0.15) is 5.02 Å². The van der Waals surface area contributed by atoms with Gasteiger partial charge in [0.05, 0.1) is 18.1 Å². The standard InChI is InChI=1S/C19H20ClN7O/c1-12(2)18(28)24-14-6-4-5-13(7-14)8-21-17-16(20)10-22-19(26-17)25-15-9-23-27(3)11-15/h4-7,9-11H,1,8H2,2-3H3,(H,24,28)(H2,21,22,25,26). The number of amides is 1. The third-order valence-electron chi connectivity index (χ3n) is 3.74. The molecule has 9 heteroatoms. The van der Waals surface area contributed by atoms with E-state index in [1.54, 1.807) is 17.8 Å². The topological polar surface area (TPSA) is 96.8 Å². The Labute approximate surface area is 167 Å². The monoisotopic (exact) mass is 397 g/mol. The molecule has 144 valence electrons. The summed E-state index contributed by atoms with van der Waals surface area (Å²) in [7, 11) is 1.83. The molecule has 0 aliphatic rings. The summed E-state index contributed by atoms with van der Waals surface area (Å²) in [6.07, 6.45) is 5.02. The summed E-state index contributed by atoms with van der Waals surface area (Å²) in [5, 5.41) is 13.6. The van der Waals surface area contributed by atoms with Crippen molar-refractivity contribution in [1.29, 1.82) is 0 Å². The molecule has 3 N–H and O–H groups in total. The second-order valence-corrected chi connectivity index (χ2v) is 6.61. The van der Waals surface area contributed by atoms with Crippen molar-refractivity contribution < 1.29 is 4.79 Å². The van der Waals surface area contributed by atoms with Crippen LogP contribution in [0.3, 0.4) is 0 Å². The first-order chi connectivity index (χ1) is 13.4. The Balaban J connectivity index is 1.68. The van der Waals surface area contributed by atoms with Gasteiger partial charge < -0.3 is 16.0 Å². The normalized spacial score (nSPS) is 10.4. The van der Waals surface area contributed by atoms with Crippen molar-refractivity contribution in [2.45, 2.75) is 13.5 Å². The lowest BCUT2D eigenvalue weighted by Crippen LogP contribution is -2.12. The fourth-order valence-electron chi connectivity index (χ4n) is 2.35. The smallest absolute Gasteiger partial charge is 0.250 e. The Morgan fingerprint density at radius 2 is 2.11 bits per heavy atom. The van der Waals surface area contributed by atoms with Gasteiger partial charge in [0, 0.05) is 31.0 Å². The van der Waals surface area contributed by atoms with E-state index in [-0.39, 0.29) is 5.91 Å². The summed E-state index contributed by atoms with van der Waals surface area (Å²) in [6.45, 7) is 5.77. The van der Waals surface area contributed by atoms with E-state index in [9.17, 15) is 4.79 Å². The highest BCUT2D eigenvalue weighted by Crippen LogP contribution is 2.22. The van der Waals surface area contributed by atoms with Crippen LogP contribution in [-0.2, 0) is 18.4 Å². The van der Waals surface area contributed by atoms with Crippen LogP contribution in [0.1, 0.15) is 12.5 Å². The van der Waals surface area contributed by atoms with Crippen LogP contribution in [0.5, 0.6) is 0 Å². The zero-order valence-electron chi connectivity index (χ0n) is 15.5. The highest BCUT2D eigenvalue weighted by molar-refractivity contribution is 6.32. The third kappa shape index (κ3) is 5.08. The number of aromatic nitrogens is 4. The van der Waals surface area contributed by atoms with Gasteiger partial charge in [0.2, 0.25) is 5.95 Å². The van der Waals surface area contributed by atoms with Crippen LogP contribution < -0.4 is 16.0 Å². The molecule has 0 radical (unpaired) electrons. The number of hydrogen-bond acceptors (Lipinski definition) is 6. The molecule has 3 aromatic rings. The summed E-state index contributed by atoms with van der Waals surface area (Å²) in [4.78, 5) is 20.3. The van der Waals surface area contributed by atoms with Crippen LogP contribution in [0.15, 0.2) is 55.0 Å². The molecular formula is C19H20ClN7O. The number of aryl methyl sites for hydroxylation is 1. The van der Waals surface area contributed by atoms with Crippen LogP contribution >= 0.6 is 11.6 Å². The van der Waals surface area contributed by atoms with Gasteiger partial charge in [-0.3, -0.25) is 9.48 Å². The SMILES string of the molecule is C=C(C)C(=O)Nc1cccc(CNc2nc(Nc3cnn(C)c3)ncc2Cl)c1. The first kappa shape index (κ1) is 19.4. The van der Waals surface area contributed by atoms with Crippen molar-refractivity contribution >= 4 is 40.6 Å². The van der Waals surface area contributed by atoms with E-state index in [4.69, 9.17) is 11.6 Å². The highest BCUT2D eigenvalue weighted by Gasteiger charge is 2.08. The summed E-state index contributed by atoms with van der Waals surface area (Å²) in [5.74, 6) is 0.692. The number of anilines is 4. The Kier molecular flexibility index (Phi) is 5.90. The largest absolute Gasteiger partial charge is 0.365 e. The molecule has 0 atom stereocenters. The Hall–Kier alpha value is -3.39. The minimum absolute atomic E-state index is 0.213. The van der Waals surface area contributed by atoms with Gasteiger partial charge >= 0.3 is 0 Å². The number of carbonyl (C=O) groups is 1. The number of halogens is 1. The average Bonchev–Trinajstić information content (AvgIpc) is 3.07. The van der Waals surface area contributed by atoms with E-state index in [0.29, 0.717) is 34.6 Å². The van der Waals surface area contributed by atoms with E-state index in [1.165, 1.54) is 6.20 Å². The predicted octanol–water partition coefficient (Wildman–Crippen LogP) is 3.73. The van der Waals surface area contributed by atoms with Gasteiger partial charge in [-0.1, -0.05) is 30.3 Å². The van der Waals surface area contributed by atoms with Crippen molar-refractivity contribution in [3.05, 3.63) is 65.6 Å². The van der Waals surface area contributed by atoms with E-state index in [2.05, 4.69) is 37.6 Å². The molecule has 3 rings (SSSR count). The third-order valence-corrected chi connectivity index (χ3v) is 4.01. The quantitative estimate of drug-likeness (QED) is 0.525. The number of rotatable bonds is 7. The maximum absolute atomic E-state index is 11.8. The van der Waals surface area contributed by atoms with Crippen molar-refractivity contribution in [3.63, 3.8) is 0 Å². The number of nitrogens with one attached hydrogen (secondary N) is 3. The number of carbonyl (C=O) groups excluding carboxylic acids is 1. The number of benzene rings is 1. The van der Waals surface area contributed by atoms with Gasteiger partial charge in [-0.25, -0.2) is 4.98 Å². The molecular weight excluding hydrogens is 378 g/mol. The number of hydrogen-bond donors (Lipinski definition) is 3. The zero-order valence-corrected chi connectivity index (χ0v) is 16.3. The molecule has 0 aliphatic heterocycles. The molecule has 0 saturated heterocycles. The molecule has 0 unspecified atom stereocenters. The van der Waals surface area contributed by atoms with Crippen molar-refractivity contribution in [2.24, 2.45) is 7.05 Å². The predicted molar refractivity (Wildman–Crippen MR) is 111 cm³/mol. The highest BCUT2D eigenvalue weighted by atomic mass is 35.5. The van der Waals surface area contributed by atoms with Crippen molar-refractivity contribution in [1.82, 2.24) is 19.7 Å². The van der Waals surface area contributed by atoms with E-state index >= 15 is 0 Å². The summed E-state index contributed by atoms with van der Waals surface area (Å²) in [5.41, 5.74) is 2.87. The van der Waals surface area contributed by atoms with Gasteiger partial charge in [-0.05, 0) is 24.6 Å². The van der Waals surface area contributed by atoms with Gasteiger partial charge in [-0.2, -0.15) is 10.1 Å². The zero-order chi connectivity index (χ0) is 20.1. The Morgan fingerprint density at radius 3 is 2.82 bits per heavy atom. The summed E-state index contributed by atoms with van der Waals surface area (Å²) < 4.78 is 1.68. The van der Waals surface area contributed by atoms with Gasteiger partial charge in [0.25, 0.3) is 5.91 Å². The maximum atomic E-state index is 11.8. The number of nitrogens with zero attached hydrogens (tertiary/aromatic N) is 4. The van der Waals surface area contributed by atoms with Crippen LogP contribution in [0.25, 0.3) is 0 Å². The molecule has 1 amide bonds. The minimum atomic E-state index is -0.213. The van der Waals surface area contributed by atoms with Gasteiger partial charge in [-0.15, -0.1) is 0 Å². The lowest BCUT2D eigenvalue weighted by Gasteiger charge is -2.11. The molecule has 8 nitrogen and oxygen atoms in total. The molecule has 28 heavy (non-hydrogen) atoms. The Bertz CT molecular complexity index is 1020. The van der Waals surface area contributed by atoms with E-state index in [0.717, 1.165) is 11.3 Å². The van der Waals surface area contributed by atoms with E-state index < -0.39 is 0 Å². The van der Waals surface area contributed by atoms with Crippen LogP contribution in [0, 0.1) is 0 Å². The first-order valence-corrected chi connectivity index (χ1v) is 8.86. The van der Waals surface area contributed by atoms with E-state index in [1.807, 2.05) is 37.5 Å². The van der Waals surface area contributed by atoms with Gasteiger partial charge in [0.15, 0.2) is 5.82 Å². The summed E-state index contributed by atoms with van der Waals surface area (Å²) in [6, 6.07) is 7.49. The molecule has 2 aromatic heterocycles. The lowest BCUT2D eigenvalue weighted by molar-refractivity contribution is -0.112. The lowest BCUT2D eigenvalue weighted by atomic mass is 10.2. The average molecular weight is 398 g/mol. The molecule has 1 aromatic carbocycles. The Morgan fingerprint density at radius 1 is 1.29 bits per heavy atom. The van der Waals surface area contributed by atoms with Crippen LogP contribution in [0.2, 0.25) is 5.02 Å². The molecule has 0 saturated carbocycles. The second kappa shape index (κ2) is 8.53. The van der Waals surface area contributed by atoms with Crippen molar-refractivity contribution in [2.75, 3.05) is 16.0 Å². The molecule has 0 spiro atoms. The fourth-order valence-corrected chi connectivity index (χ4v) is 2.51. The molecule has 0 bridgehead atoms. The summed E-state index contributed by atoms with van der Waals surface area (Å²) >= 11 is 6.21. The first-order valence-electron chi connectivity index (χ1n) is 8.48. The van der Waals surface area contributed by atoms with Crippen molar-refractivity contribution in [3.8, 4) is 0 Å². The minimum Gasteiger partial charge on any atom is -0.365 e. The molecule has 2 heterocycles. The van der Waals surface area contributed by atoms with Crippen LogP contribution in [0.4, 0.5) is 23.1 Å². The second-order valence-electron chi connectivity index (χ2n) is 6.21. The fraction of sp³-hybridized carbons (Fsp3) is 0.158. The molecule has 0 fully saturated rings. The maximum Gasteiger partial charge on any atom is 0.250 e.